The van der Waals surface area contributed by atoms with Crippen molar-refractivity contribution in [1.82, 2.24) is 15.0 Å². The number of aromatic nitrogens is 3. The van der Waals surface area contributed by atoms with Crippen LogP contribution in [-0.4, -0.2) is 21.6 Å². The zero-order valence-electron chi connectivity index (χ0n) is 15.4. The van der Waals surface area contributed by atoms with E-state index in [1.807, 2.05) is 38.1 Å². The number of halogens is 3. The summed E-state index contributed by atoms with van der Waals surface area (Å²) in [6, 6.07) is 11.1. The maximum atomic E-state index is 13.3. The van der Waals surface area contributed by atoms with Gasteiger partial charge < -0.3 is 10.1 Å². The van der Waals surface area contributed by atoms with Crippen LogP contribution in [0.25, 0.3) is 11.4 Å². The van der Waals surface area contributed by atoms with Crippen molar-refractivity contribution >= 4 is 5.82 Å². The average molecular weight is 388 g/mol. The second-order valence-corrected chi connectivity index (χ2v) is 6.06. The first-order chi connectivity index (χ1) is 13.4. The van der Waals surface area contributed by atoms with Gasteiger partial charge in [0.15, 0.2) is 11.5 Å². The van der Waals surface area contributed by atoms with Crippen molar-refractivity contribution in [1.29, 1.82) is 0 Å². The number of pyridine rings is 1. The third-order valence-corrected chi connectivity index (χ3v) is 4.01. The van der Waals surface area contributed by atoms with E-state index in [0.717, 1.165) is 17.4 Å². The molecule has 0 saturated heterocycles. The number of nitrogens with zero attached hydrogens (tertiary/aromatic N) is 3. The second kappa shape index (κ2) is 8.24. The monoisotopic (exact) mass is 388 g/mol. The Morgan fingerprint density at radius 3 is 2.32 bits per heavy atom. The zero-order valence-corrected chi connectivity index (χ0v) is 15.4. The smallest absolute Gasteiger partial charge is 0.433 e. The van der Waals surface area contributed by atoms with E-state index in [2.05, 4.69) is 20.3 Å². The summed E-state index contributed by atoms with van der Waals surface area (Å²) >= 11 is 0. The maximum absolute atomic E-state index is 13.3. The van der Waals surface area contributed by atoms with Crippen LogP contribution in [0.3, 0.4) is 0 Å². The molecule has 1 unspecified atom stereocenters. The summed E-state index contributed by atoms with van der Waals surface area (Å²) in [4.78, 5) is 11.8. The van der Waals surface area contributed by atoms with E-state index in [1.54, 1.807) is 12.1 Å². The molecule has 2 heterocycles. The van der Waals surface area contributed by atoms with Crippen LogP contribution < -0.4 is 10.1 Å². The van der Waals surface area contributed by atoms with E-state index in [4.69, 9.17) is 4.74 Å². The maximum Gasteiger partial charge on any atom is 0.433 e. The Kier molecular flexibility index (Phi) is 5.77. The van der Waals surface area contributed by atoms with E-state index in [0.29, 0.717) is 12.2 Å². The minimum atomic E-state index is -4.58. The molecule has 0 amide bonds. The quantitative estimate of drug-likeness (QED) is 0.634. The number of hydrogen-bond acceptors (Lipinski definition) is 5. The summed E-state index contributed by atoms with van der Waals surface area (Å²) in [5.41, 5.74) is 0.342. The first-order valence-corrected chi connectivity index (χ1v) is 8.73. The lowest BCUT2D eigenvalue weighted by Gasteiger charge is -2.17. The standard InChI is InChI=1S/C20H19F3N4O/c1-3-28-16-6-4-14(5-7-16)13(2)25-18-12-17(20(21,22)23)26-19(27-18)15-8-10-24-11-9-15/h4-13H,3H2,1-2H3,(H,25,26,27). The van der Waals surface area contributed by atoms with Gasteiger partial charge in [0.2, 0.25) is 0 Å². The van der Waals surface area contributed by atoms with Crippen LogP contribution >= 0.6 is 0 Å². The van der Waals surface area contributed by atoms with Crippen molar-refractivity contribution in [2.45, 2.75) is 26.1 Å². The van der Waals surface area contributed by atoms with Crippen LogP contribution in [0, 0.1) is 0 Å². The number of ether oxygens (including phenoxy) is 1. The van der Waals surface area contributed by atoms with Gasteiger partial charge in [0.05, 0.1) is 6.61 Å². The van der Waals surface area contributed by atoms with Crippen molar-refractivity contribution in [2.75, 3.05) is 11.9 Å². The number of alkyl halides is 3. The van der Waals surface area contributed by atoms with Gasteiger partial charge in [-0.15, -0.1) is 0 Å². The summed E-state index contributed by atoms with van der Waals surface area (Å²) in [6.07, 6.45) is -1.62. The summed E-state index contributed by atoms with van der Waals surface area (Å²) in [6.45, 7) is 4.30. The summed E-state index contributed by atoms with van der Waals surface area (Å²) in [7, 11) is 0. The fourth-order valence-corrected chi connectivity index (χ4v) is 2.62. The minimum Gasteiger partial charge on any atom is -0.494 e. The topological polar surface area (TPSA) is 59.9 Å². The molecule has 0 bridgehead atoms. The Labute approximate surface area is 160 Å². The number of hydrogen-bond donors (Lipinski definition) is 1. The highest BCUT2D eigenvalue weighted by molar-refractivity contribution is 5.57. The molecule has 0 radical (unpaired) electrons. The van der Waals surface area contributed by atoms with E-state index in [1.165, 1.54) is 12.4 Å². The summed E-state index contributed by atoms with van der Waals surface area (Å²) in [5, 5.41) is 3.02. The molecule has 0 aliphatic carbocycles. The number of rotatable bonds is 6. The first-order valence-electron chi connectivity index (χ1n) is 8.73. The van der Waals surface area contributed by atoms with Gasteiger partial charge in [0.25, 0.3) is 0 Å². The van der Waals surface area contributed by atoms with Gasteiger partial charge in [0.1, 0.15) is 11.6 Å². The Bertz CT molecular complexity index is 915. The molecule has 3 aromatic rings. The highest BCUT2D eigenvalue weighted by atomic mass is 19.4. The van der Waals surface area contributed by atoms with Gasteiger partial charge in [-0.1, -0.05) is 12.1 Å². The van der Waals surface area contributed by atoms with Gasteiger partial charge in [0, 0.05) is 30.1 Å². The van der Waals surface area contributed by atoms with Crippen LogP contribution in [0.1, 0.15) is 31.1 Å². The van der Waals surface area contributed by atoms with Gasteiger partial charge in [-0.05, 0) is 43.7 Å². The van der Waals surface area contributed by atoms with Gasteiger partial charge in [-0.3, -0.25) is 4.98 Å². The van der Waals surface area contributed by atoms with Crippen LogP contribution in [0.5, 0.6) is 5.75 Å². The third-order valence-electron chi connectivity index (χ3n) is 4.01. The largest absolute Gasteiger partial charge is 0.494 e. The molecular formula is C20H19F3N4O. The Morgan fingerprint density at radius 2 is 1.71 bits per heavy atom. The zero-order chi connectivity index (χ0) is 20.1. The molecule has 2 aromatic heterocycles. The van der Waals surface area contributed by atoms with Crippen molar-refractivity contribution in [2.24, 2.45) is 0 Å². The predicted molar refractivity (Wildman–Crippen MR) is 99.9 cm³/mol. The lowest BCUT2D eigenvalue weighted by molar-refractivity contribution is -0.141. The Balaban J connectivity index is 1.90. The van der Waals surface area contributed by atoms with Crippen LogP contribution in [0.4, 0.5) is 19.0 Å². The fourth-order valence-electron chi connectivity index (χ4n) is 2.62. The molecule has 5 nitrogen and oxygen atoms in total. The van der Waals surface area contributed by atoms with Gasteiger partial charge >= 0.3 is 6.18 Å². The average Bonchev–Trinajstić information content (AvgIpc) is 2.68. The van der Waals surface area contributed by atoms with Crippen molar-refractivity contribution in [3.63, 3.8) is 0 Å². The number of anilines is 1. The Hall–Kier alpha value is -3.16. The van der Waals surface area contributed by atoms with Crippen LogP contribution in [-0.2, 0) is 6.18 Å². The fraction of sp³-hybridized carbons (Fsp3) is 0.250. The second-order valence-electron chi connectivity index (χ2n) is 6.06. The molecule has 1 aromatic carbocycles. The molecule has 28 heavy (non-hydrogen) atoms. The van der Waals surface area contributed by atoms with Crippen LogP contribution in [0.2, 0.25) is 0 Å². The molecule has 0 spiro atoms. The van der Waals surface area contributed by atoms with Crippen molar-refractivity contribution in [3.05, 3.63) is 66.1 Å². The number of benzene rings is 1. The van der Waals surface area contributed by atoms with E-state index in [-0.39, 0.29) is 17.7 Å². The molecule has 1 N–H and O–H groups in total. The molecule has 0 fully saturated rings. The normalized spacial score (nSPS) is 12.5. The highest BCUT2D eigenvalue weighted by Crippen LogP contribution is 2.31. The molecule has 146 valence electrons. The molecule has 0 aliphatic heterocycles. The summed E-state index contributed by atoms with van der Waals surface area (Å²) in [5.74, 6) is 0.814. The lowest BCUT2D eigenvalue weighted by atomic mass is 10.1. The first kappa shape index (κ1) is 19.6. The van der Waals surface area contributed by atoms with Gasteiger partial charge in [-0.2, -0.15) is 13.2 Å². The van der Waals surface area contributed by atoms with Gasteiger partial charge in [-0.25, -0.2) is 9.97 Å². The predicted octanol–water partition coefficient (Wildman–Crippen LogP) is 5.13. The lowest BCUT2D eigenvalue weighted by Crippen LogP contribution is -2.14. The molecule has 1 atom stereocenters. The van der Waals surface area contributed by atoms with E-state index >= 15 is 0 Å². The molecule has 0 aliphatic rings. The minimum absolute atomic E-state index is 0.0152. The SMILES string of the molecule is CCOc1ccc(C(C)Nc2cc(C(F)(F)F)nc(-c3ccncc3)n2)cc1. The Morgan fingerprint density at radius 1 is 1.04 bits per heavy atom. The van der Waals surface area contributed by atoms with Crippen molar-refractivity contribution < 1.29 is 17.9 Å². The molecule has 8 heteroatoms. The molecule has 0 saturated carbocycles. The summed E-state index contributed by atoms with van der Waals surface area (Å²) < 4.78 is 45.3. The van der Waals surface area contributed by atoms with Crippen molar-refractivity contribution in [3.8, 4) is 17.1 Å². The van der Waals surface area contributed by atoms with E-state index < -0.39 is 11.9 Å². The molecular weight excluding hydrogens is 369 g/mol. The number of nitrogens with one attached hydrogen (secondary N) is 1. The highest BCUT2D eigenvalue weighted by Gasteiger charge is 2.34. The third kappa shape index (κ3) is 4.76. The van der Waals surface area contributed by atoms with Crippen LogP contribution in [0.15, 0.2) is 54.9 Å². The molecule has 3 rings (SSSR count). The van der Waals surface area contributed by atoms with E-state index in [9.17, 15) is 13.2 Å².